The minimum Gasteiger partial charge on any atom is -0.352 e. The summed E-state index contributed by atoms with van der Waals surface area (Å²) in [4.78, 5) is 19.3. The van der Waals surface area contributed by atoms with Gasteiger partial charge < -0.3 is 9.88 Å². The molecule has 0 unspecified atom stereocenters. The SMILES string of the molecule is C=C/C=C\C=C(/C)CN(C)Cc1nc2cccc(C(=O)NCC)c2n1C. The molecular weight excluding hydrogens is 324 g/mol. The Labute approximate surface area is 155 Å². The summed E-state index contributed by atoms with van der Waals surface area (Å²) in [6.07, 6.45) is 7.75. The molecule has 5 heteroatoms. The van der Waals surface area contributed by atoms with Gasteiger partial charge >= 0.3 is 0 Å². The number of aryl methyl sites for hydroxylation is 1. The van der Waals surface area contributed by atoms with Gasteiger partial charge in [0.15, 0.2) is 0 Å². The first kappa shape index (κ1) is 19.7. The summed E-state index contributed by atoms with van der Waals surface area (Å²) in [6.45, 7) is 9.84. The molecule has 1 heterocycles. The monoisotopic (exact) mass is 352 g/mol. The fourth-order valence-electron chi connectivity index (χ4n) is 2.97. The van der Waals surface area contributed by atoms with Crippen molar-refractivity contribution in [2.75, 3.05) is 20.1 Å². The van der Waals surface area contributed by atoms with Gasteiger partial charge in [-0.15, -0.1) is 0 Å². The molecule has 0 aliphatic rings. The Morgan fingerprint density at radius 1 is 1.38 bits per heavy atom. The summed E-state index contributed by atoms with van der Waals surface area (Å²) < 4.78 is 2.02. The molecule has 1 aromatic carbocycles. The highest BCUT2D eigenvalue weighted by Crippen LogP contribution is 2.20. The van der Waals surface area contributed by atoms with Gasteiger partial charge in [-0.25, -0.2) is 4.98 Å². The summed E-state index contributed by atoms with van der Waals surface area (Å²) in [6, 6.07) is 5.68. The highest BCUT2D eigenvalue weighted by atomic mass is 16.1. The van der Waals surface area contributed by atoms with Crippen molar-refractivity contribution in [3.05, 3.63) is 66.0 Å². The van der Waals surface area contributed by atoms with Crippen LogP contribution in [-0.4, -0.2) is 40.5 Å². The van der Waals surface area contributed by atoms with E-state index < -0.39 is 0 Å². The molecule has 1 amide bonds. The average molecular weight is 352 g/mol. The van der Waals surface area contributed by atoms with Crippen LogP contribution in [0.2, 0.25) is 0 Å². The standard InChI is InChI=1S/C21H28N4O/c1-6-8-9-11-16(3)14-24(4)15-19-23-18-13-10-12-17(20(18)25(19)5)21(26)22-7-2/h6,8-13H,1,7,14-15H2,2-5H3,(H,22,26)/b9-8-,16-11+. The highest BCUT2D eigenvalue weighted by Gasteiger charge is 2.16. The summed E-state index contributed by atoms with van der Waals surface area (Å²) >= 11 is 0. The van der Waals surface area contributed by atoms with Gasteiger partial charge in [-0.2, -0.15) is 0 Å². The Hall–Kier alpha value is -2.66. The van der Waals surface area contributed by atoms with Crippen LogP contribution < -0.4 is 5.32 Å². The lowest BCUT2D eigenvalue weighted by atomic mass is 10.1. The first-order chi connectivity index (χ1) is 12.5. The van der Waals surface area contributed by atoms with Crippen molar-refractivity contribution in [1.29, 1.82) is 0 Å². The molecule has 0 aliphatic heterocycles. The fourth-order valence-corrected chi connectivity index (χ4v) is 2.97. The largest absolute Gasteiger partial charge is 0.352 e. The number of carbonyl (C=O) groups is 1. The maximum absolute atomic E-state index is 12.3. The number of allylic oxidation sites excluding steroid dienone is 4. The van der Waals surface area contributed by atoms with Crippen LogP contribution in [0.15, 0.2) is 54.7 Å². The molecule has 5 nitrogen and oxygen atoms in total. The Bertz CT molecular complexity index is 845. The predicted octanol–water partition coefficient (Wildman–Crippen LogP) is 3.44. The van der Waals surface area contributed by atoms with Crippen LogP contribution in [0.3, 0.4) is 0 Å². The van der Waals surface area contributed by atoms with E-state index in [0.29, 0.717) is 18.7 Å². The average Bonchev–Trinajstić information content (AvgIpc) is 2.91. The minimum absolute atomic E-state index is 0.0613. The zero-order valence-electron chi connectivity index (χ0n) is 16.1. The number of benzene rings is 1. The van der Waals surface area contributed by atoms with Crippen LogP contribution in [0, 0.1) is 0 Å². The molecule has 0 atom stereocenters. The van der Waals surface area contributed by atoms with Crippen molar-refractivity contribution in [2.45, 2.75) is 20.4 Å². The zero-order valence-corrected chi connectivity index (χ0v) is 16.1. The Morgan fingerprint density at radius 3 is 2.85 bits per heavy atom. The van der Waals surface area contributed by atoms with E-state index in [1.54, 1.807) is 6.08 Å². The van der Waals surface area contributed by atoms with Crippen molar-refractivity contribution in [3.63, 3.8) is 0 Å². The lowest BCUT2D eigenvalue weighted by molar-refractivity contribution is 0.0957. The van der Waals surface area contributed by atoms with Gasteiger partial charge in [0, 0.05) is 20.1 Å². The van der Waals surface area contributed by atoms with Crippen molar-refractivity contribution in [1.82, 2.24) is 19.8 Å². The maximum atomic E-state index is 12.3. The third-order valence-electron chi connectivity index (χ3n) is 4.13. The van der Waals surface area contributed by atoms with Crippen LogP contribution in [0.1, 0.15) is 30.0 Å². The summed E-state index contributed by atoms with van der Waals surface area (Å²) in [5.41, 5.74) is 3.65. The van der Waals surface area contributed by atoms with E-state index >= 15 is 0 Å². The van der Waals surface area contributed by atoms with Crippen LogP contribution in [0.4, 0.5) is 0 Å². The number of hydrogen-bond acceptors (Lipinski definition) is 3. The van der Waals surface area contributed by atoms with Gasteiger partial charge in [-0.1, -0.05) is 42.5 Å². The number of nitrogens with one attached hydrogen (secondary N) is 1. The van der Waals surface area contributed by atoms with Crippen molar-refractivity contribution < 1.29 is 4.79 Å². The summed E-state index contributed by atoms with van der Waals surface area (Å²) in [5, 5.41) is 2.87. The lowest BCUT2D eigenvalue weighted by Gasteiger charge is -2.16. The number of amides is 1. The van der Waals surface area contributed by atoms with E-state index in [-0.39, 0.29) is 5.91 Å². The third kappa shape index (κ3) is 4.70. The number of hydrogen-bond donors (Lipinski definition) is 1. The molecule has 26 heavy (non-hydrogen) atoms. The fraction of sp³-hybridized carbons (Fsp3) is 0.333. The minimum atomic E-state index is -0.0613. The molecule has 2 aromatic rings. The van der Waals surface area contributed by atoms with E-state index in [2.05, 4.69) is 36.8 Å². The number of carbonyl (C=O) groups excluding carboxylic acids is 1. The quantitative estimate of drug-likeness (QED) is 0.741. The number of para-hydroxylation sites is 1. The molecule has 0 radical (unpaired) electrons. The number of nitrogens with zero attached hydrogens (tertiary/aromatic N) is 3. The molecule has 0 saturated carbocycles. The smallest absolute Gasteiger partial charge is 0.253 e. The van der Waals surface area contributed by atoms with Gasteiger partial charge in [0.2, 0.25) is 0 Å². The normalized spacial score (nSPS) is 12.3. The Kier molecular flexibility index (Phi) is 6.92. The topological polar surface area (TPSA) is 50.2 Å². The number of rotatable bonds is 8. The molecule has 0 bridgehead atoms. The van der Waals surface area contributed by atoms with E-state index in [4.69, 9.17) is 4.98 Å². The predicted molar refractivity (Wildman–Crippen MR) is 108 cm³/mol. The number of likely N-dealkylation sites (N-methyl/N-ethyl adjacent to an activating group) is 1. The Morgan fingerprint density at radius 2 is 2.15 bits per heavy atom. The molecule has 1 aromatic heterocycles. The van der Waals surface area contributed by atoms with Crippen LogP contribution in [0.5, 0.6) is 0 Å². The van der Waals surface area contributed by atoms with Crippen LogP contribution in [0.25, 0.3) is 11.0 Å². The van der Waals surface area contributed by atoms with E-state index in [1.165, 1.54) is 5.57 Å². The lowest BCUT2D eigenvalue weighted by Crippen LogP contribution is -2.24. The second kappa shape index (κ2) is 9.15. The molecule has 138 valence electrons. The number of fused-ring (bicyclic) bond motifs is 1. The van der Waals surface area contributed by atoms with Crippen molar-refractivity contribution >= 4 is 16.9 Å². The third-order valence-corrected chi connectivity index (χ3v) is 4.13. The second-order valence-corrected chi connectivity index (χ2v) is 6.43. The van der Waals surface area contributed by atoms with Gasteiger partial charge in [0.1, 0.15) is 5.82 Å². The molecule has 0 spiro atoms. The van der Waals surface area contributed by atoms with Gasteiger partial charge in [0.25, 0.3) is 5.91 Å². The molecule has 0 saturated heterocycles. The van der Waals surface area contributed by atoms with E-state index in [1.807, 2.05) is 48.9 Å². The van der Waals surface area contributed by atoms with Gasteiger partial charge in [0.05, 0.1) is 23.1 Å². The molecule has 0 aliphatic carbocycles. The number of imidazole rings is 1. The Balaban J connectivity index is 2.23. The van der Waals surface area contributed by atoms with E-state index in [0.717, 1.165) is 23.4 Å². The highest BCUT2D eigenvalue weighted by molar-refractivity contribution is 6.05. The zero-order chi connectivity index (χ0) is 19.1. The second-order valence-electron chi connectivity index (χ2n) is 6.43. The van der Waals surface area contributed by atoms with E-state index in [9.17, 15) is 4.79 Å². The van der Waals surface area contributed by atoms with Gasteiger partial charge in [-0.3, -0.25) is 9.69 Å². The summed E-state index contributed by atoms with van der Waals surface area (Å²) in [5.74, 6) is 0.877. The van der Waals surface area contributed by atoms with Crippen LogP contribution >= 0.6 is 0 Å². The first-order valence-electron chi connectivity index (χ1n) is 8.83. The first-order valence-corrected chi connectivity index (χ1v) is 8.83. The maximum Gasteiger partial charge on any atom is 0.253 e. The molecule has 0 fully saturated rings. The summed E-state index contributed by atoms with van der Waals surface area (Å²) in [7, 11) is 4.04. The molecular formula is C21H28N4O. The van der Waals surface area contributed by atoms with Crippen molar-refractivity contribution in [3.8, 4) is 0 Å². The van der Waals surface area contributed by atoms with Crippen molar-refractivity contribution in [2.24, 2.45) is 7.05 Å². The molecule has 2 rings (SSSR count). The van der Waals surface area contributed by atoms with Gasteiger partial charge in [-0.05, 0) is 33.0 Å². The molecule has 1 N–H and O–H groups in total. The van der Waals surface area contributed by atoms with Crippen LogP contribution in [-0.2, 0) is 13.6 Å². The number of aromatic nitrogens is 2.